The van der Waals surface area contributed by atoms with Crippen LogP contribution in [0.5, 0.6) is 17.2 Å². The number of guanidine groups is 1. The van der Waals surface area contributed by atoms with E-state index >= 15 is 4.39 Å². The number of carbonyl (C=O) groups excluding carboxylic acids is 1. The van der Waals surface area contributed by atoms with Crippen LogP contribution in [0.4, 0.5) is 13.2 Å². The summed E-state index contributed by atoms with van der Waals surface area (Å²) < 4.78 is 78.3. The molecule has 0 bridgehead atoms. The molecule has 9 nitrogen and oxygen atoms in total. The van der Waals surface area contributed by atoms with Gasteiger partial charge in [-0.2, -0.15) is 17.2 Å². The van der Waals surface area contributed by atoms with Gasteiger partial charge in [0.25, 0.3) is 5.91 Å². The maximum Gasteiger partial charge on any atom is 0.387 e. The number of benzene rings is 3. The molecule has 1 amide bonds. The number of rotatable bonds is 8. The van der Waals surface area contributed by atoms with E-state index in [-0.39, 0.29) is 45.5 Å². The second-order valence-electron chi connectivity index (χ2n) is 8.33. The van der Waals surface area contributed by atoms with Crippen molar-refractivity contribution in [1.29, 1.82) is 0 Å². The smallest absolute Gasteiger partial charge is 0.387 e. The number of ether oxygens (including phenoxy) is 2. The van der Waals surface area contributed by atoms with E-state index in [2.05, 4.69) is 9.73 Å². The second-order valence-corrected chi connectivity index (χ2v) is 9.90. The van der Waals surface area contributed by atoms with E-state index in [4.69, 9.17) is 14.7 Å². The van der Waals surface area contributed by atoms with Crippen LogP contribution in [0.25, 0.3) is 11.1 Å². The van der Waals surface area contributed by atoms with Gasteiger partial charge >= 0.3 is 16.7 Å². The molecule has 0 saturated heterocycles. The molecule has 0 saturated carbocycles. The van der Waals surface area contributed by atoms with E-state index in [0.717, 1.165) is 17.2 Å². The molecule has 2 N–H and O–H groups in total. The number of nitrogens with zero attached hydrogens (tertiary/aromatic N) is 2. The van der Waals surface area contributed by atoms with Crippen molar-refractivity contribution in [3.8, 4) is 28.4 Å². The predicted molar refractivity (Wildman–Crippen MR) is 132 cm³/mol. The summed E-state index contributed by atoms with van der Waals surface area (Å²) in [6.07, 6.45) is 0.860. The molecule has 13 heteroatoms. The lowest BCUT2D eigenvalue weighted by molar-refractivity contribution is -0.129. The summed E-state index contributed by atoms with van der Waals surface area (Å²) in [6, 6.07) is 13.2. The van der Waals surface area contributed by atoms with Crippen molar-refractivity contribution in [2.75, 3.05) is 20.4 Å². The lowest BCUT2D eigenvalue weighted by Gasteiger charge is -2.27. The summed E-state index contributed by atoms with van der Waals surface area (Å²) in [4.78, 5) is 19.1. The minimum Gasteiger partial charge on any atom is -0.497 e. The normalized spacial score (nSPS) is 17.5. The third kappa shape index (κ3) is 5.09. The molecule has 4 rings (SSSR count). The van der Waals surface area contributed by atoms with Crippen molar-refractivity contribution in [3.05, 3.63) is 77.6 Å². The highest BCUT2D eigenvalue weighted by Gasteiger charge is 2.49. The Morgan fingerprint density at radius 1 is 0.974 bits per heavy atom. The lowest BCUT2D eigenvalue weighted by Crippen LogP contribution is -2.41. The zero-order valence-corrected chi connectivity index (χ0v) is 21.1. The van der Waals surface area contributed by atoms with Gasteiger partial charge in [-0.25, -0.2) is 9.38 Å². The first-order valence-electron chi connectivity index (χ1n) is 10.9. The van der Waals surface area contributed by atoms with Crippen molar-refractivity contribution in [1.82, 2.24) is 4.90 Å². The fraction of sp³-hybridized carbons (Fsp3) is 0.200. The summed E-state index contributed by atoms with van der Waals surface area (Å²) in [5.41, 5.74) is 4.85. The summed E-state index contributed by atoms with van der Waals surface area (Å²) in [5, 5.41) is 0. The number of likely N-dealkylation sites (N-methyl/N-ethyl adjacent to an activating group) is 1. The van der Waals surface area contributed by atoms with E-state index in [9.17, 15) is 22.0 Å². The Morgan fingerprint density at radius 3 is 2.16 bits per heavy atom. The first kappa shape index (κ1) is 26.8. The molecule has 1 unspecified atom stereocenters. The first-order valence-corrected chi connectivity index (χ1v) is 12.7. The van der Waals surface area contributed by atoms with Gasteiger partial charge in [0.2, 0.25) is 0 Å². The van der Waals surface area contributed by atoms with Crippen molar-refractivity contribution in [2.24, 2.45) is 10.7 Å². The monoisotopic (exact) mass is 549 g/mol. The van der Waals surface area contributed by atoms with Gasteiger partial charge in [0.15, 0.2) is 11.5 Å². The van der Waals surface area contributed by atoms with E-state index in [1.54, 1.807) is 0 Å². The van der Waals surface area contributed by atoms with Crippen LogP contribution in [0.3, 0.4) is 0 Å². The first-order chi connectivity index (χ1) is 17.8. The van der Waals surface area contributed by atoms with Crippen LogP contribution in [0.2, 0.25) is 0 Å². The molecule has 3 aromatic rings. The van der Waals surface area contributed by atoms with Crippen LogP contribution in [-0.4, -0.2) is 52.2 Å². The summed E-state index contributed by atoms with van der Waals surface area (Å²) in [5.74, 6) is -1.44. The minimum atomic E-state index is -3.90. The molecule has 1 atom stereocenters. The molecule has 0 radical (unpaired) electrons. The average molecular weight is 550 g/mol. The largest absolute Gasteiger partial charge is 0.497 e. The SMILES string of the molecule is COc1cc(OS(C)(=O)=O)cc(-c2cc(C3(c4ccc(OC(F)F)cc4)N=C(N)N(C)C3=O)ccc2F)c1. The Morgan fingerprint density at radius 2 is 1.61 bits per heavy atom. The molecule has 1 heterocycles. The fourth-order valence-corrected chi connectivity index (χ4v) is 4.55. The van der Waals surface area contributed by atoms with Gasteiger partial charge in [0.05, 0.1) is 13.4 Å². The van der Waals surface area contributed by atoms with Crippen LogP contribution in [0.1, 0.15) is 11.1 Å². The van der Waals surface area contributed by atoms with E-state index in [1.807, 2.05) is 0 Å². The molecule has 1 aliphatic rings. The Hall–Kier alpha value is -4.26. The van der Waals surface area contributed by atoms with Crippen molar-refractivity contribution >= 4 is 22.0 Å². The molecule has 3 aromatic carbocycles. The van der Waals surface area contributed by atoms with Gasteiger partial charge in [0.1, 0.15) is 23.1 Å². The zero-order chi connectivity index (χ0) is 27.8. The van der Waals surface area contributed by atoms with Gasteiger partial charge in [-0.15, -0.1) is 0 Å². The predicted octanol–water partition coefficient (Wildman–Crippen LogP) is 3.47. The molecular formula is C25H22F3N3O6S. The van der Waals surface area contributed by atoms with Crippen molar-refractivity contribution < 1.29 is 40.0 Å². The number of amides is 1. The highest BCUT2D eigenvalue weighted by Crippen LogP contribution is 2.42. The number of aliphatic imine (C=N–C) groups is 1. The minimum absolute atomic E-state index is 0.0205. The van der Waals surface area contributed by atoms with Crippen LogP contribution in [0.15, 0.2) is 65.7 Å². The number of halogens is 3. The summed E-state index contributed by atoms with van der Waals surface area (Å²) in [7, 11) is -1.14. The van der Waals surface area contributed by atoms with E-state index in [0.29, 0.717) is 0 Å². The maximum atomic E-state index is 15.2. The molecule has 200 valence electrons. The third-order valence-electron chi connectivity index (χ3n) is 5.80. The number of hydrogen-bond donors (Lipinski definition) is 1. The number of methoxy groups -OCH3 is 1. The van der Waals surface area contributed by atoms with Gasteiger partial charge in [-0.05, 0) is 53.1 Å². The Balaban J connectivity index is 1.90. The van der Waals surface area contributed by atoms with Gasteiger partial charge < -0.3 is 19.4 Å². The number of alkyl halides is 2. The number of carbonyl (C=O) groups is 1. The molecule has 0 fully saturated rings. The lowest BCUT2D eigenvalue weighted by atomic mass is 9.81. The quantitative estimate of drug-likeness (QED) is 0.427. The van der Waals surface area contributed by atoms with Crippen LogP contribution in [0, 0.1) is 5.82 Å². The highest BCUT2D eigenvalue weighted by molar-refractivity contribution is 7.86. The van der Waals surface area contributed by atoms with Gasteiger partial charge in [0, 0.05) is 18.7 Å². The van der Waals surface area contributed by atoms with Gasteiger partial charge in [-0.1, -0.05) is 18.2 Å². The zero-order valence-electron chi connectivity index (χ0n) is 20.3. The fourth-order valence-electron chi connectivity index (χ4n) is 4.10. The van der Waals surface area contributed by atoms with Crippen molar-refractivity contribution in [2.45, 2.75) is 12.2 Å². The highest BCUT2D eigenvalue weighted by atomic mass is 32.2. The van der Waals surface area contributed by atoms with Gasteiger partial charge in [-0.3, -0.25) is 9.69 Å². The van der Waals surface area contributed by atoms with Crippen molar-refractivity contribution in [3.63, 3.8) is 0 Å². The third-order valence-corrected chi connectivity index (χ3v) is 6.29. The Labute approximate surface area is 216 Å². The molecule has 38 heavy (non-hydrogen) atoms. The van der Waals surface area contributed by atoms with Crippen LogP contribution in [-0.2, 0) is 20.5 Å². The molecular weight excluding hydrogens is 527 g/mol. The molecule has 0 spiro atoms. The Kier molecular flexibility index (Phi) is 6.98. The Bertz CT molecular complexity index is 1530. The number of hydrogen-bond acceptors (Lipinski definition) is 8. The van der Waals surface area contributed by atoms with E-state index < -0.39 is 34.0 Å². The standard InChI is InChI=1S/C25H22F3N3O6S/c1-31-22(32)25(30-24(31)29,15-4-7-17(8-5-15)36-23(27)28)16-6-9-21(26)20(12-16)14-10-18(35-2)13-19(11-14)37-38(3,33)34/h4-13,23H,1-3H3,(H2,29,30). The van der Waals surface area contributed by atoms with E-state index in [1.165, 1.54) is 68.8 Å². The average Bonchev–Trinajstić information content (AvgIpc) is 3.07. The number of nitrogens with two attached hydrogens (primary N) is 1. The maximum absolute atomic E-state index is 15.2. The van der Waals surface area contributed by atoms with Crippen LogP contribution >= 0.6 is 0 Å². The second kappa shape index (κ2) is 9.89. The summed E-state index contributed by atoms with van der Waals surface area (Å²) in [6.45, 7) is -3.04. The summed E-state index contributed by atoms with van der Waals surface area (Å²) >= 11 is 0. The topological polar surface area (TPSA) is 121 Å². The molecule has 0 aromatic heterocycles. The van der Waals surface area contributed by atoms with Crippen LogP contribution < -0.4 is 19.4 Å². The molecule has 1 aliphatic heterocycles. The molecule has 0 aliphatic carbocycles.